The molecule has 8 heteroatoms. The lowest BCUT2D eigenvalue weighted by Crippen LogP contribution is -2.12. The lowest BCUT2D eigenvalue weighted by Gasteiger charge is -2.20. The number of fused-ring (bicyclic) bond motifs is 1. The normalized spacial score (nSPS) is 14.8. The van der Waals surface area contributed by atoms with Crippen LogP contribution in [0.1, 0.15) is 63.9 Å². The second-order valence-electron chi connectivity index (χ2n) is 9.90. The van der Waals surface area contributed by atoms with Crippen LogP contribution in [0, 0.1) is 0 Å². The molecule has 0 atom stereocenters. The zero-order valence-electron chi connectivity index (χ0n) is 19.6. The van der Waals surface area contributed by atoms with Crippen LogP contribution in [-0.2, 0) is 11.2 Å². The van der Waals surface area contributed by atoms with Crippen LogP contribution in [0.15, 0.2) is 52.4 Å². The van der Waals surface area contributed by atoms with E-state index in [0.717, 1.165) is 29.4 Å². The van der Waals surface area contributed by atoms with Gasteiger partial charge in [-0.05, 0) is 42.0 Å². The molecule has 176 valence electrons. The largest absolute Gasteiger partial charge is 0.309 e. The highest BCUT2D eigenvalue weighted by Crippen LogP contribution is 2.37. The fourth-order valence-corrected chi connectivity index (χ4v) is 5.59. The smallest absolute Gasteiger partial charge is 0.258 e. The number of nitrogens with one attached hydrogen (secondary N) is 1. The summed E-state index contributed by atoms with van der Waals surface area (Å²) in [6.07, 6.45) is 4.69. The number of aromatic nitrogens is 5. The first-order valence-corrected chi connectivity index (χ1v) is 13.0. The van der Waals surface area contributed by atoms with E-state index in [9.17, 15) is 4.79 Å². The van der Waals surface area contributed by atoms with Gasteiger partial charge in [-0.25, -0.2) is 4.98 Å². The van der Waals surface area contributed by atoms with E-state index in [1.54, 1.807) is 30.0 Å². The molecule has 1 N–H and O–H groups in total. The third kappa shape index (κ3) is 4.64. The fourth-order valence-electron chi connectivity index (χ4n) is 4.55. The minimum Gasteiger partial charge on any atom is -0.309 e. The molecule has 34 heavy (non-hydrogen) atoms. The molecule has 6 nitrogen and oxygen atoms in total. The average molecular weight is 494 g/mol. The molecular formula is C26H28ClN5OS. The third-order valence-electron chi connectivity index (χ3n) is 6.42. The molecule has 0 unspecified atom stereocenters. The summed E-state index contributed by atoms with van der Waals surface area (Å²) < 4.78 is 2.29. The Bertz CT molecular complexity index is 1380. The number of benzene rings is 2. The molecule has 1 fully saturated rings. The van der Waals surface area contributed by atoms with Crippen LogP contribution in [0.3, 0.4) is 0 Å². The maximum Gasteiger partial charge on any atom is 0.258 e. The van der Waals surface area contributed by atoms with E-state index in [1.165, 1.54) is 18.4 Å². The summed E-state index contributed by atoms with van der Waals surface area (Å²) in [7, 11) is 0. The first-order valence-electron chi connectivity index (χ1n) is 11.7. The summed E-state index contributed by atoms with van der Waals surface area (Å²) in [5.41, 5.74) is 2.92. The van der Waals surface area contributed by atoms with Gasteiger partial charge in [0.15, 0.2) is 11.0 Å². The average Bonchev–Trinajstić information content (AvgIpc) is 3.46. The van der Waals surface area contributed by atoms with Crippen LogP contribution in [0.4, 0.5) is 0 Å². The standard InChI is InChI=1S/C26H28ClN5OS/c1-26(2,3)17-10-8-16(9-11-17)23-30-31-25(32(23)19-6-4-5-7-19)34-15-22-28-21-14-18(27)12-13-20(21)24(33)29-22/h8-14,19H,4-7,15H2,1-3H3,(H,28,29,33). The van der Waals surface area contributed by atoms with Crippen LogP contribution in [0.5, 0.6) is 0 Å². The van der Waals surface area contributed by atoms with Crippen molar-refractivity contribution in [2.45, 2.75) is 68.8 Å². The Balaban J connectivity index is 1.46. The van der Waals surface area contributed by atoms with E-state index < -0.39 is 0 Å². The molecule has 1 saturated carbocycles. The van der Waals surface area contributed by atoms with E-state index in [-0.39, 0.29) is 11.0 Å². The van der Waals surface area contributed by atoms with Crippen molar-refractivity contribution in [2.24, 2.45) is 0 Å². The van der Waals surface area contributed by atoms with Crippen LogP contribution in [0.25, 0.3) is 22.3 Å². The number of hydrogen-bond donors (Lipinski definition) is 1. The maximum atomic E-state index is 12.5. The number of hydrogen-bond acceptors (Lipinski definition) is 5. The molecule has 2 aromatic heterocycles. The summed E-state index contributed by atoms with van der Waals surface area (Å²) in [6, 6.07) is 14.2. The minimum atomic E-state index is -0.158. The zero-order chi connectivity index (χ0) is 23.9. The first kappa shape index (κ1) is 23.1. The molecule has 2 aromatic carbocycles. The second-order valence-corrected chi connectivity index (χ2v) is 11.3. The molecule has 1 aliphatic carbocycles. The van der Waals surface area contributed by atoms with Crippen molar-refractivity contribution in [3.63, 3.8) is 0 Å². The summed E-state index contributed by atoms with van der Waals surface area (Å²) in [5, 5.41) is 11.1. The number of rotatable bonds is 5. The number of aromatic amines is 1. The van der Waals surface area contributed by atoms with Gasteiger partial charge in [-0.1, -0.05) is 81.2 Å². The molecule has 5 rings (SSSR count). The predicted molar refractivity (Wildman–Crippen MR) is 139 cm³/mol. The van der Waals surface area contributed by atoms with Crippen LogP contribution >= 0.6 is 23.4 Å². The number of H-pyrrole nitrogens is 1. The predicted octanol–water partition coefficient (Wildman–Crippen LogP) is 6.54. The molecule has 0 amide bonds. The van der Waals surface area contributed by atoms with Crippen molar-refractivity contribution >= 4 is 34.3 Å². The Kier molecular flexibility index (Phi) is 6.25. The summed E-state index contributed by atoms with van der Waals surface area (Å²) >= 11 is 7.66. The van der Waals surface area contributed by atoms with Gasteiger partial charge in [0.05, 0.1) is 16.7 Å². The minimum absolute atomic E-state index is 0.104. The van der Waals surface area contributed by atoms with Crippen LogP contribution in [-0.4, -0.2) is 24.7 Å². The number of nitrogens with zero attached hydrogens (tertiary/aromatic N) is 4. The highest BCUT2D eigenvalue weighted by Gasteiger charge is 2.25. The van der Waals surface area contributed by atoms with E-state index in [1.807, 2.05) is 0 Å². The van der Waals surface area contributed by atoms with Crippen molar-refractivity contribution < 1.29 is 0 Å². The molecule has 0 aliphatic heterocycles. The summed E-state index contributed by atoms with van der Waals surface area (Å²) in [6.45, 7) is 6.66. The van der Waals surface area contributed by atoms with Crippen LogP contribution in [0.2, 0.25) is 5.02 Å². The molecular weight excluding hydrogens is 466 g/mol. The molecule has 0 radical (unpaired) electrons. The number of thioether (sulfide) groups is 1. The highest BCUT2D eigenvalue weighted by molar-refractivity contribution is 7.98. The van der Waals surface area contributed by atoms with Crippen molar-refractivity contribution in [3.05, 3.63) is 69.2 Å². The van der Waals surface area contributed by atoms with Gasteiger partial charge in [0.25, 0.3) is 5.56 Å². The monoisotopic (exact) mass is 493 g/mol. The Labute approximate surface area is 208 Å². The van der Waals surface area contributed by atoms with Gasteiger partial charge in [-0.15, -0.1) is 10.2 Å². The number of halogens is 1. The molecule has 1 aliphatic rings. The van der Waals surface area contributed by atoms with E-state index in [4.69, 9.17) is 11.6 Å². The lowest BCUT2D eigenvalue weighted by atomic mass is 9.86. The van der Waals surface area contributed by atoms with Gasteiger partial charge in [0, 0.05) is 16.6 Å². The molecule has 4 aromatic rings. The SMILES string of the molecule is CC(C)(C)c1ccc(-c2nnc(SCc3nc4cc(Cl)ccc4c(=O)[nH]3)n2C2CCCC2)cc1. The highest BCUT2D eigenvalue weighted by atomic mass is 35.5. The van der Waals surface area contributed by atoms with Crippen molar-refractivity contribution in [2.75, 3.05) is 0 Å². The molecule has 2 heterocycles. The molecule has 0 spiro atoms. The zero-order valence-corrected chi connectivity index (χ0v) is 21.2. The van der Waals surface area contributed by atoms with Gasteiger partial charge in [0.2, 0.25) is 0 Å². The van der Waals surface area contributed by atoms with Gasteiger partial charge in [0.1, 0.15) is 5.82 Å². The summed E-state index contributed by atoms with van der Waals surface area (Å²) in [4.78, 5) is 20.0. The Morgan fingerprint density at radius 3 is 2.53 bits per heavy atom. The quantitative estimate of drug-likeness (QED) is 0.319. The van der Waals surface area contributed by atoms with E-state index in [2.05, 4.69) is 69.8 Å². The second kappa shape index (κ2) is 9.19. The molecule has 0 bridgehead atoms. The van der Waals surface area contributed by atoms with Crippen molar-refractivity contribution in [1.29, 1.82) is 0 Å². The van der Waals surface area contributed by atoms with Crippen molar-refractivity contribution in [3.8, 4) is 11.4 Å². The first-order chi connectivity index (χ1) is 16.3. The van der Waals surface area contributed by atoms with Crippen LogP contribution < -0.4 is 5.56 Å². The maximum absolute atomic E-state index is 12.5. The summed E-state index contributed by atoms with van der Waals surface area (Å²) in [5.74, 6) is 1.99. The van der Waals surface area contributed by atoms with Crippen molar-refractivity contribution in [1.82, 2.24) is 24.7 Å². The third-order valence-corrected chi connectivity index (χ3v) is 7.61. The Morgan fingerprint density at radius 2 is 1.82 bits per heavy atom. The molecule has 0 saturated heterocycles. The Morgan fingerprint density at radius 1 is 1.09 bits per heavy atom. The van der Waals surface area contributed by atoms with Gasteiger partial charge < -0.3 is 4.98 Å². The van der Waals surface area contributed by atoms with Gasteiger partial charge >= 0.3 is 0 Å². The van der Waals surface area contributed by atoms with Gasteiger partial charge in [-0.3, -0.25) is 9.36 Å². The van der Waals surface area contributed by atoms with Gasteiger partial charge in [-0.2, -0.15) is 0 Å². The fraction of sp³-hybridized carbons (Fsp3) is 0.385. The lowest BCUT2D eigenvalue weighted by molar-refractivity contribution is 0.485. The van der Waals surface area contributed by atoms with E-state index >= 15 is 0 Å². The Hall–Kier alpha value is -2.64. The topological polar surface area (TPSA) is 76.5 Å². The van der Waals surface area contributed by atoms with E-state index in [0.29, 0.717) is 33.5 Å².